The second-order valence-corrected chi connectivity index (χ2v) is 6.03. The molecule has 0 amide bonds. The van der Waals surface area contributed by atoms with E-state index in [0.29, 0.717) is 0 Å². The Morgan fingerprint density at radius 3 is 2.17 bits per heavy atom. The average Bonchev–Trinajstić information content (AvgIpc) is 2.43. The molecule has 1 aromatic rings. The van der Waals surface area contributed by atoms with Crippen LogP contribution in [0.4, 0.5) is 0 Å². The van der Waals surface area contributed by atoms with E-state index >= 15 is 0 Å². The van der Waals surface area contributed by atoms with Crippen molar-refractivity contribution in [2.24, 2.45) is 0 Å². The second-order valence-electron chi connectivity index (χ2n) is 4.43. The Hall–Kier alpha value is -0.294. The van der Waals surface area contributed by atoms with Gasteiger partial charge in [-0.25, -0.2) is 0 Å². The molecule has 0 saturated heterocycles. The van der Waals surface area contributed by atoms with Crippen LogP contribution < -0.4 is 51.4 Å². The van der Waals surface area contributed by atoms with Gasteiger partial charge < -0.3 is 10.2 Å². The summed E-state index contributed by atoms with van der Waals surface area (Å²) in [6.45, 7) is 2.21. The second kappa shape index (κ2) is 13.0. The van der Waals surface area contributed by atoms with Crippen molar-refractivity contribution >= 4 is 22.1 Å². The molecule has 124 valence electrons. The van der Waals surface area contributed by atoms with Crippen LogP contribution in [0, 0.1) is 6.07 Å². The third-order valence-electron chi connectivity index (χ3n) is 2.57. The fourth-order valence-electron chi connectivity index (χ4n) is 1.43. The number of unbranched alkanes of at least 4 members (excludes halogenated alkanes) is 1. The largest absolute Gasteiger partial charge is 1.00 e. The molecule has 1 rings (SSSR count). The first-order valence-corrected chi connectivity index (χ1v) is 8.05. The third kappa shape index (κ3) is 12.8. The van der Waals surface area contributed by atoms with E-state index in [9.17, 15) is 18.0 Å². The van der Waals surface area contributed by atoms with Crippen LogP contribution in [0.1, 0.15) is 31.7 Å². The van der Waals surface area contributed by atoms with Crippen LogP contribution in [-0.2, 0) is 26.1 Å². The molecule has 3 N–H and O–H groups in total. The summed E-state index contributed by atoms with van der Waals surface area (Å²) in [6, 6.07) is 11.4. The molecule has 0 saturated carbocycles. The first-order chi connectivity index (χ1) is 10.2. The smallest absolute Gasteiger partial charge is 0.481 e. The Balaban J connectivity index is 0. The number of carboxylic acids is 2. The van der Waals surface area contributed by atoms with Gasteiger partial charge in [0.2, 0.25) is 0 Å². The maximum absolute atomic E-state index is 10.2. The maximum atomic E-state index is 10.2. The zero-order valence-corrected chi connectivity index (χ0v) is 17.0. The van der Waals surface area contributed by atoms with Crippen molar-refractivity contribution in [3.05, 3.63) is 35.9 Å². The van der Waals surface area contributed by atoms with Gasteiger partial charge in [0.1, 0.15) is 0 Å². The van der Waals surface area contributed by atoms with Crippen molar-refractivity contribution in [3.8, 4) is 0 Å². The molecular formula is C14H19KO7S. The summed E-state index contributed by atoms with van der Waals surface area (Å²) >= 11 is 0. The number of carboxylic acid groups (broad SMARTS) is 2. The monoisotopic (exact) mass is 370 g/mol. The summed E-state index contributed by atoms with van der Waals surface area (Å²) in [4.78, 5) is 20.0. The molecule has 1 atom stereocenters. The van der Waals surface area contributed by atoms with E-state index in [-0.39, 0.29) is 51.4 Å². The summed E-state index contributed by atoms with van der Waals surface area (Å²) in [5.41, 5.74) is 1.34. The molecule has 0 fully saturated rings. The molecule has 9 heteroatoms. The third-order valence-corrected chi connectivity index (χ3v) is 3.66. The van der Waals surface area contributed by atoms with Crippen LogP contribution >= 0.6 is 0 Å². The molecule has 1 aromatic carbocycles. The molecule has 0 bridgehead atoms. The van der Waals surface area contributed by atoms with Crippen molar-refractivity contribution in [2.75, 3.05) is 0 Å². The van der Waals surface area contributed by atoms with E-state index in [1.807, 2.05) is 12.1 Å². The van der Waals surface area contributed by atoms with E-state index in [4.69, 9.17) is 14.8 Å². The van der Waals surface area contributed by atoms with Crippen LogP contribution in [0.15, 0.2) is 24.3 Å². The van der Waals surface area contributed by atoms with Gasteiger partial charge in [0, 0.05) is 0 Å². The Kier molecular flexibility index (Phi) is 14.2. The van der Waals surface area contributed by atoms with Gasteiger partial charge in [-0.1, -0.05) is 26.2 Å². The Bertz CT molecular complexity index is 572. The van der Waals surface area contributed by atoms with Crippen LogP contribution in [0.3, 0.4) is 0 Å². The van der Waals surface area contributed by atoms with Gasteiger partial charge in [0.25, 0.3) is 10.1 Å². The van der Waals surface area contributed by atoms with Gasteiger partial charge in [-0.15, -0.1) is 0 Å². The molecular weight excluding hydrogens is 351 g/mol. The Morgan fingerprint density at radius 2 is 1.87 bits per heavy atom. The topological polar surface area (TPSA) is 129 Å². The van der Waals surface area contributed by atoms with Gasteiger partial charge in [-0.2, -0.15) is 44.3 Å². The predicted octanol–water partition coefficient (Wildman–Crippen LogP) is -1.36. The number of rotatable bonds is 7. The molecule has 0 aliphatic rings. The van der Waals surface area contributed by atoms with Crippen LogP contribution in [0.25, 0.3) is 0 Å². The number of hydrogen-bond donors (Lipinski definition) is 3. The molecule has 0 aromatic heterocycles. The summed E-state index contributed by atoms with van der Waals surface area (Å²) in [5, 5.41) is 13.9. The number of carbonyl (C=O) groups is 2. The SMILES string of the molecule is CCCCc1[c-]cccc1.O=C(O)CC(C(=O)O)S(=O)(=O)O.[K+]. The number of aliphatic carboxylic acids is 2. The van der Waals surface area contributed by atoms with E-state index in [0.717, 1.165) is 0 Å². The molecule has 1 unspecified atom stereocenters. The average molecular weight is 370 g/mol. The minimum absolute atomic E-state index is 0. The number of benzene rings is 1. The summed E-state index contributed by atoms with van der Waals surface area (Å²) < 4.78 is 28.7. The molecule has 0 aliphatic heterocycles. The van der Waals surface area contributed by atoms with Gasteiger partial charge in [-0.3, -0.25) is 14.1 Å². The van der Waals surface area contributed by atoms with Gasteiger partial charge in [-0.05, 0) is 0 Å². The Morgan fingerprint density at radius 1 is 1.26 bits per heavy atom. The standard InChI is InChI=1S/C10H13.C4H6O7S.K/c1-2-3-7-10-8-5-4-6-9-10;5-3(6)1-2(4(7)8)12(9,10)11;/h4-6,8H,2-3,7H2,1H3;2H,1H2,(H,5,6)(H,7,8)(H,9,10,11);/q-1;;+1. The summed E-state index contributed by atoms with van der Waals surface area (Å²) in [6.07, 6.45) is 2.56. The first kappa shape index (κ1) is 25.0. The molecule has 23 heavy (non-hydrogen) atoms. The van der Waals surface area contributed by atoms with E-state index in [2.05, 4.69) is 25.1 Å². The molecule has 7 nitrogen and oxygen atoms in total. The van der Waals surface area contributed by atoms with Crippen molar-refractivity contribution in [1.29, 1.82) is 0 Å². The first-order valence-electron chi connectivity index (χ1n) is 6.55. The van der Waals surface area contributed by atoms with Gasteiger partial charge in [0.15, 0.2) is 5.25 Å². The van der Waals surface area contributed by atoms with Crippen molar-refractivity contribution in [1.82, 2.24) is 0 Å². The quantitative estimate of drug-likeness (QED) is 0.307. The molecule has 0 spiro atoms. The van der Waals surface area contributed by atoms with Crippen LogP contribution in [0.5, 0.6) is 0 Å². The normalized spacial score (nSPS) is 11.4. The van der Waals surface area contributed by atoms with E-state index in [1.54, 1.807) is 0 Å². The van der Waals surface area contributed by atoms with Gasteiger partial charge >= 0.3 is 63.3 Å². The summed E-state index contributed by atoms with van der Waals surface area (Å²) in [7, 11) is -4.84. The van der Waals surface area contributed by atoms with Crippen molar-refractivity contribution in [2.45, 2.75) is 37.9 Å². The Labute approximate surface area is 178 Å². The fraction of sp³-hybridized carbons (Fsp3) is 0.429. The predicted molar refractivity (Wildman–Crippen MR) is 79.1 cm³/mol. The van der Waals surface area contributed by atoms with Crippen LogP contribution in [0.2, 0.25) is 0 Å². The molecule has 0 radical (unpaired) electrons. The van der Waals surface area contributed by atoms with Gasteiger partial charge in [0.05, 0.1) is 6.42 Å². The fourth-order valence-corrected chi connectivity index (χ4v) is 2.04. The minimum Gasteiger partial charge on any atom is -0.481 e. The maximum Gasteiger partial charge on any atom is 1.00 e. The van der Waals surface area contributed by atoms with Crippen molar-refractivity contribution in [3.63, 3.8) is 0 Å². The number of hydrogen-bond acceptors (Lipinski definition) is 4. The number of aryl methyl sites for hydroxylation is 1. The van der Waals surface area contributed by atoms with Crippen LogP contribution in [-0.4, -0.2) is 40.4 Å². The zero-order chi connectivity index (χ0) is 17.2. The minimum atomic E-state index is -4.84. The van der Waals surface area contributed by atoms with Crippen molar-refractivity contribution < 1.29 is 84.2 Å². The molecule has 0 heterocycles. The van der Waals surface area contributed by atoms with E-state index < -0.39 is 33.7 Å². The van der Waals surface area contributed by atoms with E-state index in [1.165, 1.54) is 24.8 Å². The zero-order valence-electron chi connectivity index (χ0n) is 13.1. The molecule has 0 aliphatic carbocycles. The summed E-state index contributed by atoms with van der Waals surface area (Å²) in [5.74, 6) is -3.50.